The number of carbonyl (C=O) groups excluding carboxylic acids is 4. The summed E-state index contributed by atoms with van der Waals surface area (Å²) in [4.78, 5) is 47.4. The first kappa shape index (κ1) is 22.4. The fourth-order valence-electron chi connectivity index (χ4n) is 1.73. The summed E-state index contributed by atoms with van der Waals surface area (Å²) in [6, 6.07) is -0.956. The fraction of sp³-hybridized carbons (Fsp3) is 0.750. The molecule has 0 aliphatic rings. The first-order valence-corrected chi connectivity index (χ1v) is 8.96. The molecule has 0 saturated heterocycles. The topological polar surface area (TPSA) is 98.8 Å². The van der Waals surface area contributed by atoms with Gasteiger partial charge in [0.15, 0.2) is 5.12 Å². The molecule has 0 aromatic carbocycles. The molecule has 0 aliphatic heterocycles. The van der Waals surface area contributed by atoms with Gasteiger partial charge < -0.3 is 14.8 Å². The summed E-state index contributed by atoms with van der Waals surface area (Å²) in [5, 5.41) is 1.64. The first-order chi connectivity index (χ1) is 11.3. The van der Waals surface area contributed by atoms with Crippen molar-refractivity contribution in [3.05, 3.63) is 0 Å². The highest BCUT2D eigenvalue weighted by Crippen LogP contribution is 2.19. The quantitative estimate of drug-likeness (QED) is 0.467. The Bertz CT molecular complexity index is 454. The molecule has 0 bridgehead atoms. The van der Waals surface area contributed by atoms with E-state index in [0.29, 0.717) is 6.42 Å². The van der Waals surface area contributed by atoms with E-state index in [1.165, 1.54) is 0 Å². The number of ether oxygens (including phenoxy) is 2. The van der Waals surface area contributed by atoms with Crippen LogP contribution in [-0.2, 0) is 28.7 Å². The largest absolute Gasteiger partial charge is 0.466 e. The van der Waals surface area contributed by atoms with Gasteiger partial charge in [0, 0.05) is 11.2 Å². The van der Waals surface area contributed by atoms with Crippen molar-refractivity contribution in [3.63, 3.8) is 0 Å². The van der Waals surface area contributed by atoms with Crippen LogP contribution in [0.3, 0.4) is 0 Å². The third-order valence-corrected chi connectivity index (χ3v) is 4.33. The van der Waals surface area contributed by atoms with Gasteiger partial charge in [-0.1, -0.05) is 32.5 Å². The lowest BCUT2D eigenvalue weighted by atomic mass is 10.1. The number of hydrogen-bond donors (Lipinski definition) is 1. The Kier molecular flexibility index (Phi) is 11.1. The second-order valence-corrected chi connectivity index (χ2v) is 6.66. The van der Waals surface area contributed by atoms with E-state index in [2.05, 4.69) is 5.32 Å². The van der Waals surface area contributed by atoms with Crippen LogP contribution in [0.4, 0.5) is 0 Å². The lowest BCUT2D eigenvalue weighted by Gasteiger charge is -2.23. The predicted octanol–water partition coefficient (Wildman–Crippen LogP) is 1.68. The maximum atomic E-state index is 12.1. The molecule has 7 nitrogen and oxygen atoms in total. The van der Waals surface area contributed by atoms with Gasteiger partial charge in [0.1, 0.15) is 12.5 Å². The van der Waals surface area contributed by atoms with Crippen molar-refractivity contribution in [2.24, 2.45) is 5.92 Å². The molecule has 3 unspecified atom stereocenters. The van der Waals surface area contributed by atoms with Crippen LogP contribution in [0.1, 0.15) is 47.5 Å². The van der Waals surface area contributed by atoms with E-state index in [-0.39, 0.29) is 31.5 Å². The average Bonchev–Trinajstić information content (AvgIpc) is 2.51. The summed E-state index contributed by atoms with van der Waals surface area (Å²) in [7, 11) is 0. The van der Waals surface area contributed by atoms with Gasteiger partial charge in [-0.2, -0.15) is 0 Å². The lowest BCUT2D eigenvalue weighted by Crippen LogP contribution is -2.49. The zero-order valence-electron chi connectivity index (χ0n) is 14.9. The van der Waals surface area contributed by atoms with Gasteiger partial charge in [-0.3, -0.25) is 14.4 Å². The van der Waals surface area contributed by atoms with Crippen LogP contribution in [0.15, 0.2) is 0 Å². The van der Waals surface area contributed by atoms with Crippen molar-refractivity contribution in [1.29, 1.82) is 0 Å². The number of nitrogens with one attached hydrogen (secondary N) is 1. The van der Waals surface area contributed by atoms with E-state index in [0.717, 1.165) is 11.8 Å². The third kappa shape index (κ3) is 8.33. The van der Waals surface area contributed by atoms with Gasteiger partial charge in [-0.25, -0.2) is 4.79 Å². The molecular weight excluding hydrogens is 334 g/mol. The minimum absolute atomic E-state index is 0.169. The monoisotopic (exact) mass is 361 g/mol. The maximum absolute atomic E-state index is 12.1. The Hall–Kier alpha value is -1.57. The normalized spacial score (nSPS) is 14.2. The summed E-state index contributed by atoms with van der Waals surface area (Å²) in [6.45, 7) is 8.93. The molecule has 1 amide bonds. The van der Waals surface area contributed by atoms with E-state index in [1.807, 2.05) is 6.92 Å². The van der Waals surface area contributed by atoms with Crippen molar-refractivity contribution < 1.29 is 28.7 Å². The second-order valence-electron chi connectivity index (χ2n) is 5.22. The number of thioether (sulfide) groups is 1. The van der Waals surface area contributed by atoms with E-state index >= 15 is 0 Å². The molecule has 0 spiro atoms. The molecule has 24 heavy (non-hydrogen) atoms. The summed E-state index contributed by atoms with van der Waals surface area (Å²) in [5.74, 6) is -1.74. The van der Waals surface area contributed by atoms with Gasteiger partial charge >= 0.3 is 11.9 Å². The van der Waals surface area contributed by atoms with Crippen molar-refractivity contribution in [3.8, 4) is 0 Å². The predicted molar refractivity (Wildman–Crippen MR) is 91.3 cm³/mol. The zero-order valence-corrected chi connectivity index (χ0v) is 15.7. The molecule has 0 aliphatic carbocycles. The smallest absolute Gasteiger partial charge is 0.329 e. The summed E-state index contributed by atoms with van der Waals surface area (Å²) >= 11 is 0.822. The molecule has 0 aromatic rings. The highest BCUT2D eigenvalue weighted by molar-refractivity contribution is 8.14. The van der Waals surface area contributed by atoms with Crippen molar-refractivity contribution in [2.75, 3.05) is 13.2 Å². The molecule has 0 radical (unpaired) electrons. The summed E-state index contributed by atoms with van der Waals surface area (Å²) in [6.07, 6.45) is 0.252. The Morgan fingerprint density at radius 3 is 2.08 bits per heavy atom. The molecule has 8 heteroatoms. The highest BCUT2D eigenvalue weighted by atomic mass is 32.2. The van der Waals surface area contributed by atoms with Gasteiger partial charge in [0.2, 0.25) is 5.91 Å². The second kappa shape index (κ2) is 11.9. The van der Waals surface area contributed by atoms with Gasteiger partial charge in [-0.05, 0) is 20.3 Å². The standard InChI is InChI=1S/C16H27NO6S/c1-6-10(4)15(20)17-14(16(21)23-8-3)11(5)24-13(19)9-12(18)22-7-2/h10-11,14H,6-9H2,1-5H3,(H,17,20). The molecule has 138 valence electrons. The number of amides is 1. The number of esters is 2. The van der Waals surface area contributed by atoms with Crippen molar-refractivity contribution in [1.82, 2.24) is 5.32 Å². The zero-order chi connectivity index (χ0) is 18.7. The molecule has 0 rings (SSSR count). The molecule has 0 saturated carbocycles. The van der Waals surface area contributed by atoms with E-state index < -0.39 is 28.3 Å². The van der Waals surface area contributed by atoms with Crippen molar-refractivity contribution >= 4 is 34.7 Å². The van der Waals surface area contributed by atoms with E-state index in [4.69, 9.17) is 9.47 Å². The minimum atomic E-state index is -0.956. The average molecular weight is 361 g/mol. The summed E-state index contributed by atoms with van der Waals surface area (Å²) in [5.41, 5.74) is 0. The third-order valence-electron chi connectivity index (χ3n) is 3.28. The van der Waals surface area contributed by atoms with Crippen LogP contribution < -0.4 is 5.32 Å². The van der Waals surface area contributed by atoms with Crippen LogP contribution in [0.25, 0.3) is 0 Å². The fourth-order valence-corrected chi connectivity index (χ4v) is 2.66. The molecule has 0 heterocycles. The van der Waals surface area contributed by atoms with Crippen LogP contribution >= 0.6 is 11.8 Å². The number of carbonyl (C=O) groups is 4. The summed E-state index contributed by atoms with van der Waals surface area (Å²) < 4.78 is 9.69. The van der Waals surface area contributed by atoms with E-state index in [1.54, 1.807) is 27.7 Å². The SMILES string of the molecule is CCOC(=O)CC(=O)SC(C)C(NC(=O)C(C)CC)C(=O)OCC. The molecule has 1 N–H and O–H groups in total. The van der Waals surface area contributed by atoms with Crippen LogP contribution in [0.5, 0.6) is 0 Å². The number of rotatable bonds is 10. The Balaban J connectivity index is 4.87. The molecule has 3 atom stereocenters. The molecule has 0 fully saturated rings. The van der Waals surface area contributed by atoms with Crippen LogP contribution in [0, 0.1) is 5.92 Å². The lowest BCUT2D eigenvalue weighted by molar-refractivity contribution is -0.147. The molecule has 0 aromatic heterocycles. The van der Waals surface area contributed by atoms with Crippen LogP contribution in [-0.4, -0.2) is 47.5 Å². The Labute approximate surface area is 147 Å². The number of hydrogen-bond acceptors (Lipinski definition) is 7. The van der Waals surface area contributed by atoms with Crippen molar-refractivity contribution in [2.45, 2.75) is 58.8 Å². The van der Waals surface area contributed by atoms with Gasteiger partial charge in [0.05, 0.1) is 13.2 Å². The first-order valence-electron chi connectivity index (χ1n) is 8.08. The highest BCUT2D eigenvalue weighted by Gasteiger charge is 2.31. The Morgan fingerprint density at radius 1 is 1.00 bits per heavy atom. The van der Waals surface area contributed by atoms with Gasteiger partial charge in [-0.15, -0.1) is 0 Å². The Morgan fingerprint density at radius 2 is 1.58 bits per heavy atom. The maximum Gasteiger partial charge on any atom is 0.329 e. The van der Waals surface area contributed by atoms with Gasteiger partial charge in [0.25, 0.3) is 0 Å². The van der Waals surface area contributed by atoms with Crippen LogP contribution in [0.2, 0.25) is 0 Å². The van der Waals surface area contributed by atoms with E-state index in [9.17, 15) is 19.2 Å². The minimum Gasteiger partial charge on any atom is -0.466 e. The molecular formula is C16H27NO6S.